The molecule has 5 nitrogen and oxygen atoms in total. The van der Waals surface area contributed by atoms with Crippen LogP contribution in [0.3, 0.4) is 0 Å². The van der Waals surface area contributed by atoms with Crippen molar-refractivity contribution >= 4 is 6.09 Å². The molecule has 0 radical (unpaired) electrons. The van der Waals surface area contributed by atoms with Gasteiger partial charge in [0.25, 0.3) is 0 Å². The van der Waals surface area contributed by atoms with Gasteiger partial charge >= 0.3 is 6.09 Å². The predicted molar refractivity (Wildman–Crippen MR) is 93.7 cm³/mol. The van der Waals surface area contributed by atoms with Crippen LogP contribution in [0.2, 0.25) is 0 Å². The fraction of sp³-hybridized carbons (Fsp3) is 0.944. The number of hydrogen-bond donors (Lipinski definition) is 1. The van der Waals surface area contributed by atoms with E-state index in [0.717, 1.165) is 25.9 Å². The van der Waals surface area contributed by atoms with Crippen LogP contribution in [-0.4, -0.2) is 65.8 Å². The van der Waals surface area contributed by atoms with Gasteiger partial charge in [-0.25, -0.2) is 4.79 Å². The van der Waals surface area contributed by atoms with Gasteiger partial charge in [-0.3, -0.25) is 0 Å². The molecule has 0 aliphatic carbocycles. The second-order valence-corrected chi connectivity index (χ2v) is 8.04. The number of rotatable bonds is 3. The Morgan fingerprint density at radius 2 is 1.83 bits per heavy atom. The van der Waals surface area contributed by atoms with Crippen molar-refractivity contribution in [3.63, 3.8) is 0 Å². The molecule has 2 fully saturated rings. The zero-order chi connectivity index (χ0) is 17.0. The molecule has 0 aromatic carbocycles. The van der Waals surface area contributed by atoms with E-state index in [0.29, 0.717) is 12.1 Å². The van der Waals surface area contributed by atoms with Crippen molar-refractivity contribution in [2.24, 2.45) is 0 Å². The van der Waals surface area contributed by atoms with E-state index in [2.05, 4.69) is 24.1 Å². The van der Waals surface area contributed by atoms with Crippen LogP contribution in [-0.2, 0) is 4.74 Å². The van der Waals surface area contributed by atoms with Crippen LogP contribution in [0, 0.1) is 0 Å². The van der Waals surface area contributed by atoms with Gasteiger partial charge in [0.05, 0.1) is 0 Å². The van der Waals surface area contributed by atoms with E-state index in [1.54, 1.807) is 0 Å². The molecule has 2 rings (SSSR count). The number of nitrogens with zero attached hydrogens (tertiary/aromatic N) is 2. The number of nitrogens with one attached hydrogen (secondary N) is 1. The quantitative estimate of drug-likeness (QED) is 0.866. The van der Waals surface area contributed by atoms with E-state index in [4.69, 9.17) is 4.74 Å². The Balaban J connectivity index is 1.87. The Bertz CT molecular complexity index is 386. The largest absolute Gasteiger partial charge is 0.444 e. The number of hydrogen-bond acceptors (Lipinski definition) is 4. The third-order valence-electron chi connectivity index (χ3n) is 5.10. The SMILES string of the molecule is CCN1CCC(NC2CCCN(C(=O)OC(C)(C)C)C2C)CC1. The maximum absolute atomic E-state index is 12.4. The minimum atomic E-state index is -0.426. The summed E-state index contributed by atoms with van der Waals surface area (Å²) in [5.74, 6) is 0. The highest BCUT2D eigenvalue weighted by atomic mass is 16.6. The molecule has 0 spiro atoms. The van der Waals surface area contributed by atoms with E-state index in [-0.39, 0.29) is 12.1 Å². The van der Waals surface area contributed by atoms with E-state index < -0.39 is 5.60 Å². The average Bonchev–Trinajstić information content (AvgIpc) is 2.48. The maximum Gasteiger partial charge on any atom is 0.410 e. The molecule has 2 aliphatic rings. The summed E-state index contributed by atoms with van der Waals surface area (Å²) >= 11 is 0. The molecule has 0 bridgehead atoms. The van der Waals surface area contributed by atoms with E-state index in [9.17, 15) is 4.79 Å². The zero-order valence-electron chi connectivity index (χ0n) is 15.6. The van der Waals surface area contributed by atoms with Crippen molar-refractivity contribution in [2.75, 3.05) is 26.2 Å². The van der Waals surface area contributed by atoms with E-state index in [1.165, 1.54) is 25.9 Å². The predicted octanol–water partition coefficient (Wildman–Crippen LogP) is 2.85. The summed E-state index contributed by atoms with van der Waals surface area (Å²) in [5, 5.41) is 3.82. The molecule has 2 atom stereocenters. The normalized spacial score (nSPS) is 28.0. The van der Waals surface area contributed by atoms with Gasteiger partial charge in [-0.1, -0.05) is 6.92 Å². The van der Waals surface area contributed by atoms with Crippen LogP contribution in [0.4, 0.5) is 4.79 Å². The molecule has 2 saturated heterocycles. The molecule has 2 unspecified atom stereocenters. The molecule has 5 heteroatoms. The number of likely N-dealkylation sites (tertiary alicyclic amines) is 2. The number of carbonyl (C=O) groups excluding carboxylic acids is 1. The highest BCUT2D eigenvalue weighted by molar-refractivity contribution is 5.68. The molecule has 23 heavy (non-hydrogen) atoms. The second-order valence-electron chi connectivity index (χ2n) is 8.04. The number of ether oxygens (including phenoxy) is 1. The van der Waals surface area contributed by atoms with E-state index in [1.807, 2.05) is 25.7 Å². The fourth-order valence-corrected chi connectivity index (χ4v) is 3.66. The molecule has 0 aromatic heterocycles. The van der Waals surface area contributed by atoms with Crippen molar-refractivity contribution in [1.29, 1.82) is 0 Å². The Labute approximate surface area is 141 Å². The highest BCUT2D eigenvalue weighted by Gasteiger charge is 2.35. The first-order valence-corrected chi connectivity index (χ1v) is 9.28. The summed E-state index contributed by atoms with van der Waals surface area (Å²) < 4.78 is 5.57. The summed E-state index contributed by atoms with van der Waals surface area (Å²) in [6.45, 7) is 14.5. The number of piperidine rings is 2. The molecule has 2 heterocycles. The average molecular weight is 325 g/mol. The lowest BCUT2D eigenvalue weighted by atomic mass is 9.95. The van der Waals surface area contributed by atoms with Crippen LogP contribution in [0.15, 0.2) is 0 Å². The van der Waals surface area contributed by atoms with Gasteiger partial charge in [-0.15, -0.1) is 0 Å². The van der Waals surface area contributed by atoms with Crippen molar-refractivity contribution in [2.45, 2.75) is 84.0 Å². The summed E-state index contributed by atoms with van der Waals surface area (Å²) in [5.41, 5.74) is -0.426. The molecule has 1 N–H and O–H groups in total. The number of amides is 1. The zero-order valence-corrected chi connectivity index (χ0v) is 15.6. The molecule has 1 amide bonds. The molecular weight excluding hydrogens is 290 g/mol. The summed E-state index contributed by atoms with van der Waals surface area (Å²) in [6, 6.07) is 1.17. The first kappa shape index (κ1) is 18.5. The van der Waals surface area contributed by atoms with Gasteiger partial charge in [0.1, 0.15) is 5.60 Å². The third kappa shape index (κ3) is 5.35. The summed E-state index contributed by atoms with van der Waals surface area (Å²) in [7, 11) is 0. The fourth-order valence-electron chi connectivity index (χ4n) is 3.66. The maximum atomic E-state index is 12.4. The Morgan fingerprint density at radius 3 is 2.39 bits per heavy atom. The molecule has 0 saturated carbocycles. The molecular formula is C18H35N3O2. The van der Waals surface area contributed by atoms with Gasteiger partial charge in [0.15, 0.2) is 0 Å². The first-order valence-electron chi connectivity index (χ1n) is 9.28. The Kier molecular flexibility index (Phi) is 6.32. The topological polar surface area (TPSA) is 44.8 Å². The van der Waals surface area contributed by atoms with Crippen molar-refractivity contribution < 1.29 is 9.53 Å². The van der Waals surface area contributed by atoms with Gasteiger partial charge in [-0.2, -0.15) is 0 Å². The van der Waals surface area contributed by atoms with Crippen molar-refractivity contribution in [3.05, 3.63) is 0 Å². The molecule has 0 aromatic rings. The van der Waals surface area contributed by atoms with E-state index >= 15 is 0 Å². The van der Waals surface area contributed by atoms with Crippen LogP contribution < -0.4 is 5.32 Å². The molecule has 2 aliphatic heterocycles. The number of carbonyl (C=O) groups is 1. The first-order chi connectivity index (χ1) is 10.8. The van der Waals surface area contributed by atoms with Crippen LogP contribution >= 0.6 is 0 Å². The standard InChI is InChI=1S/C18H35N3O2/c1-6-20-12-9-15(10-13-20)19-16-8-7-11-21(14(16)2)17(22)23-18(3,4)5/h14-16,19H,6-13H2,1-5H3. The van der Waals surface area contributed by atoms with Crippen LogP contribution in [0.1, 0.15) is 60.3 Å². The smallest absolute Gasteiger partial charge is 0.410 e. The lowest BCUT2D eigenvalue weighted by molar-refractivity contribution is 0.00566. The lowest BCUT2D eigenvalue weighted by Crippen LogP contribution is -2.58. The minimum Gasteiger partial charge on any atom is -0.444 e. The lowest BCUT2D eigenvalue weighted by Gasteiger charge is -2.42. The summed E-state index contributed by atoms with van der Waals surface area (Å²) in [6.07, 6.45) is 4.45. The van der Waals surface area contributed by atoms with Gasteiger partial charge in [0.2, 0.25) is 0 Å². The van der Waals surface area contributed by atoms with Crippen LogP contribution in [0.25, 0.3) is 0 Å². The minimum absolute atomic E-state index is 0.169. The Hall–Kier alpha value is -0.810. The van der Waals surface area contributed by atoms with Crippen LogP contribution in [0.5, 0.6) is 0 Å². The van der Waals surface area contributed by atoms with Gasteiger partial charge in [-0.05, 0) is 73.0 Å². The molecule has 134 valence electrons. The van der Waals surface area contributed by atoms with Crippen molar-refractivity contribution in [3.8, 4) is 0 Å². The van der Waals surface area contributed by atoms with Gasteiger partial charge < -0.3 is 19.9 Å². The second kappa shape index (κ2) is 7.84. The van der Waals surface area contributed by atoms with Crippen molar-refractivity contribution in [1.82, 2.24) is 15.1 Å². The summed E-state index contributed by atoms with van der Waals surface area (Å²) in [4.78, 5) is 16.8. The third-order valence-corrected chi connectivity index (χ3v) is 5.10. The Morgan fingerprint density at radius 1 is 1.17 bits per heavy atom. The highest BCUT2D eigenvalue weighted by Crippen LogP contribution is 2.22. The monoisotopic (exact) mass is 325 g/mol. The van der Waals surface area contributed by atoms with Gasteiger partial charge in [0, 0.05) is 24.7 Å².